The Morgan fingerprint density at radius 3 is 2.61 bits per heavy atom. The molecule has 0 saturated carbocycles. The Labute approximate surface area is 167 Å². The molecule has 0 spiro atoms. The van der Waals surface area contributed by atoms with Crippen molar-refractivity contribution in [1.82, 2.24) is 10.2 Å². The van der Waals surface area contributed by atoms with Crippen LogP contribution in [-0.4, -0.2) is 29.8 Å². The molecular weight excluding hydrogens is 398 g/mol. The number of carbonyl (C=O) groups excluding carboxylic acids is 1. The van der Waals surface area contributed by atoms with Crippen molar-refractivity contribution >= 4 is 39.2 Å². The van der Waals surface area contributed by atoms with Gasteiger partial charge in [-0.15, -0.1) is 16.4 Å². The van der Waals surface area contributed by atoms with E-state index in [1.165, 1.54) is 17.4 Å². The number of benzene rings is 1. The van der Waals surface area contributed by atoms with Crippen molar-refractivity contribution in [3.05, 3.63) is 64.2 Å². The molecular formula is C19H19N3O4S2. The number of carbonyl (C=O) groups is 1. The van der Waals surface area contributed by atoms with Crippen molar-refractivity contribution in [1.29, 1.82) is 0 Å². The minimum absolute atomic E-state index is 0.00911. The monoisotopic (exact) mass is 417 g/mol. The van der Waals surface area contributed by atoms with Gasteiger partial charge in [-0.25, -0.2) is 8.42 Å². The van der Waals surface area contributed by atoms with E-state index in [1.807, 2.05) is 17.5 Å². The van der Waals surface area contributed by atoms with Gasteiger partial charge in [0.15, 0.2) is 9.84 Å². The highest BCUT2D eigenvalue weighted by atomic mass is 32.2. The van der Waals surface area contributed by atoms with Crippen molar-refractivity contribution in [2.45, 2.75) is 30.4 Å². The van der Waals surface area contributed by atoms with Crippen molar-refractivity contribution < 1.29 is 17.6 Å². The summed E-state index contributed by atoms with van der Waals surface area (Å²) in [7, 11) is -3.30. The molecule has 0 bridgehead atoms. The molecule has 0 radical (unpaired) electrons. The highest BCUT2D eigenvalue weighted by Gasteiger charge is 2.19. The number of thiophene rings is 1. The quantitative estimate of drug-likeness (QED) is 0.590. The molecule has 1 N–H and O–H groups in total. The first-order chi connectivity index (χ1) is 13.3. The third kappa shape index (κ3) is 4.93. The predicted octanol–water partition coefficient (Wildman–Crippen LogP) is 3.56. The highest BCUT2D eigenvalue weighted by Crippen LogP contribution is 2.18. The summed E-state index contributed by atoms with van der Waals surface area (Å²) < 4.78 is 29.7. The third-order valence-corrected chi connectivity index (χ3v) is 6.87. The molecule has 0 fully saturated rings. The van der Waals surface area contributed by atoms with Crippen LogP contribution in [0.4, 0.5) is 6.01 Å². The van der Waals surface area contributed by atoms with Crippen LogP contribution in [0.2, 0.25) is 0 Å². The molecule has 0 aliphatic carbocycles. The fourth-order valence-corrected chi connectivity index (χ4v) is 3.99. The summed E-state index contributed by atoms with van der Waals surface area (Å²) in [5.74, 6) is -0.0520. The first-order valence-electron chi connectivity index (χ1n) is 8.52. The summed E-state index contributed by atoms with van der Waals surface area (Å²) in [6, 6.07) is 10.4. The van der Waals surface area contributed by atoms with Crippen LogP contribution >= 0.6 is 11.3 Å². The van der Waals surface area contributed by atoms with Crippen LogP contribution in [0, 0.1) is 0 Å². The van der Waals surface area contributed by atoms with Gasteiger partial charge in [-0.3, -0.25) is 10.1 Å². The molecule has 2 aromatic heterocycles. The molecule has 0 saturated heterocycles. The van der Waals surface area contributed by atoms with Crippen molar-refractivity contribution in [2.24, 2.45) is 0 Å². The zero-order valence-corrected chi connectivity index (χ0v) is 17.0. The number of nitrogens with zero attached hydrogens (tertiary/aromatic N) is 2. The van der Waals surface area contributed by atoms with Crippen LogP contribution in [0.15, 0.2) is 57.2 Å². The summed E-state index contributed by atoms with van der Waals surface area (Å²) in [5, 5.41) is 11.7. The summed E-state index contributed by atoms with van der Waals surface area (Å²) in [6.07, 6.45) is 3.42. The van der Waals surface area contributed by atoms with Gasteiger partial charge in [-0.05, 0) is 49.1 Å². The largest absolute Gasteiger partial charge is 0.407 e. The van der Waals surface area contributed by atoms with E-state index in [0.29, 0.717) is 12.3 Å². The van der Waals surface area contributed by atoms with E-state index in [1.54, 1.807) is 44.2 Å². The van der Waals surface area contributed by atoms with Gasteiger partial charge in [-0.1, -0.05) is 23.3 Å². The summed E-state index contributed by atoms with van der Waals surface area (Å²) in [6.45, 7) is 3.29. The molecule has 1 amide bonds. The zero-order valence-electron chi connectivity index (χ0n) is 15.3. The Hall–Kier alpha value is -2.78. The Morgan fingerprint density at radius 2 is 1.96 bits per heavy atom. The van der Waals surface area contributed by atoms with Gasteiger partial charge in [0.05, 0.1) is 16.6 Å². The van der Waals surface area contributed by atoms with Crippen LogP contribution in [0.3, 0.4) is 0 Å². The standard InChI is InChI=1S/C19H19N3O4S2/c1-13(2)28(24,25)16-8-5-14(6-9-16)12-18-21-22-19(26-18)20-17(23)10-7-15-4-3-11-27-15/h3-11,13H,12H2,1-2H3,(H,20,22,23). The second-order valence-corrected chi connectivity index (χ2v) is 9.74. The number of sulfone groups is 1. The number of aromatic nitrogens is 2. The van der Waals surface area contributed by atoms with E-state index in [4.69, 9.17) is 4.42 Å². The topological polar surface area (TPSA) is 102 Å². The maximum atomic E-state index is 12.2. The number of amides is 1. The van der Waals surface area contributed by atoms with Crippen LogP contribution in [-0.2, 0) is 21.1 Å². The lowest BCUT2D eigenvalue weighted by Crippen LogP contribution is -2.13. The van der Waals surface area contributed by atoms with Gasteiger partial charge in [-0.2, -0.15) is 0 Å². The molecule has 0 aliphatic rings. The predicted molar refractivity (Wildman–Crippen MR) is 108 cm³/mol. The number of nitrogens with one attached hydrogen (secondary N) is 1. The van der Waals surface area contributed by atoms with E-state index >= 15 is 0 Å². The Kier molecular flexibility index (Phi) is 6.05. The van der Waals surface area contributed by atoms with Crippen molar-refractivity contribution in [2.75, 3.05) is 5.32 Å². The molecule has 3 aromatic rings. The highest BCUT2D eigenvalue weighted by molar-refractivity contribution is 7.92. The number of hydrogen-bond acceptors (Lipinski definition) is 7. The Balaban J connectivity index is 1.61. The van der Waals surface area contributed by atoms with Crippen LogP contribution < -0.4 is 5.32 Å². The fourth-order valence-electron chi connectivity index (χ4n) is 2.31. The van der Waals surface area contributed by atoms with E-state index in [-0.39, 0.29) is 16.8 Å². The second kappa shape index (κ2) is 8.49. The Bertz CT molecular complexity index is 1070. The van der Waals surface area contributed by atoms with Gasteiger partial charge >= 0.3 is 6.01 Å². The van der Waals surface area contributed by atoms with E-state index in [9.17, 15) is 13.2 Å². The lowest BCUT2D eigenvalue weighted by molar-refractivity contribution is -0.112. The molecule has 7 nitrogen and oxygen atoms in total. The zero-order chi connectivity index (χ0) is 20.1. The summed E-state index contributed by atoms with van der Waals surface area (Å²) in [4.78, 5) is 13.1. The van der Waals surface area contributed by atoms with Gasteiger partial charge in [0.1, 0.15) is 0 Å². The molecule has 3 rings (SSSR count). The van der Waals surface area contributed by atoms with Crippen LogP contribution in [0.5, 0.6) is 0 Å². The third-order valence-electron chi connectivity index (χ3n) is 3.87. The summed E-state index contributed by atoms with van der Waals surface area (Å²) >= 11 is 1.52. The maximum absolute atomic E-state index is 12.2. The van der Waals surface area contributed by atoms with Crippen molar-refractivity contribution in [3.63, 3.8) is 0 Å². The first kappa shape index (κ1) is 20.0. The lowest BCUT2D eigenvalue weighted by Gasteiger charge is -2.08. The van der Waals surface area contributed by atoms with Crippen LogP contribution in [0.1, 0.15) is 30.2 Å². The number of anilines is 1. The summed E-state index contributed by atoms with van der Waals surface area (Å²) in [5.41, 5.74) is 0.821. The van der Waals surface area contributed by atoms with E-state index in [2.05, 4.69) is 15.5 Å². The molecule has 0 aliphatic heterocycles. The Morgan fingerprint density at radius 1 is 1.21 bits per heavy atom. The molecule has 0 atom stereocenters. The lowest BCUT2D eigenvalue weighted by atomic mass is 10.1. The van der Waals surface area contributed by atoms with E-state index < -0.39 is 15.1 Å². The smallest absolute Gasteiger partial charge is 0.322 e. The van der Waals surface area contributed by atoms with Crippen LogP contribution in [0.25, 0.3) is 6.08 Å². The number of rotatable bonds is 7. The average Bonchev–Trinajstić information content (AvgIpc) is 3.32. The molecule has 1 aromatic carbocycles. The minimum atomic E-state index is -3.30. The van der Waals surface area contributed by atoms with E-state index in [0.717, 1.165) is 10.4 Å². The molecule has 28 heavy (non-hydrogen) atoms. The second-order valence-electron chi connectivity index (χ2n) is 6.25. The van der Waals surface area contributed by atoms with Gasteiger partial charge < -0.3 is 4.42 Å². The minimum Gasteiger partial charge on any atom is -0.407 e. The van der Waals surface area contributed by atoms with Gasteiger partial charge in [0.2, 0.25) is 5.89 Å². The first-order valence-corrected chi connectivity index (χ1v) is 10.9. The molecule has 9 heteroatoms. The molecule has 0 unspecified atom stereocenters. The normalized spacial score (nSPS) is 12.0. The number of hydrogen-bond donors (Lipinski definition) is 1. The van der Waals surface area contributed by atoms with Crippen molar-refractivity contribution in [3.8, 4) is 0 Å². The SMILES string of the molecule is CC(C)S(=O)(=O)c1ccc(Cc2nnc(NC(=O)C=Cc3cccs3)o2)cc1. The fraction of sp³-hybridized carbons (Fsp3) is 0.211. The molecule has 146 valence electrons. The average molecular weight is 418 g/mol. The maximum Gasteiger partial charge on any atom is 0.322 e. The van der Waals surface area contributed by atoms with Gasteiger partial charge in [0.25, 0.3) is 5.91 Å². The van der Waals surface area contributed by atoms with Gasteiger partial charge in [0, 0.05) is 11.0 Å². The molecule has 2 heterocycles.